The van der Waals surface area contributed by atoms with Crippen molar-refractivity contribution >= 4 is 29.0 Å². The number of ether oxygens (including phenoxy) is 2. The molecule has 1 amide bonds. The Kier molecular flexibility index (Phi) is 4.66. The zero-order valence-electron chi connectivity index (χ0n) is 12.0. The first-order valence-electron chi connectivity index (χ1n) is 6.27. The molecule has 2 rings (SSSR count). The molecule has 116 valence electrons. The average molecular weight is 306 g/mol. The molecule has 0 aliphatic rings. The van der Waals surface area contributed by atoms with E-state index in [1.54, 1.807) is 0 Å². The maximum Gasteiger partial charge on any atom is 0.325 e. The molecule has 9 heteroatoms. The van der Waals surface area contributed by atoms with E-state index in [-0.39, 0.29) is 18.7 Å². The Balaban J connectivity index is 2.33. The fourth-order valence-corrected chi connectivity index (χ4v) is 1.84. The largest absolute Gasteiger partial charge is 0.468 e. The molecule has 9 nitrogen and oxygen atoms in total. The van der Waals surface area contributed by atoms with Crippen LogP contribution in [0.3, 0.4) is 0 Å². The number of pyridine rings is 1. The number of aromatic amines is 1. The quantitative estimate of drug-likeness (QED) is 0.757. The van der Waals surface area contributed by atoms with Crippen LogP contribution in [0.15, 0.2) is 18.6 Å². The predicted octanol–water partition coefficient (Wildman–Crippen LogP) is -0.254. The summed E-state index contributed by atoms with van der Waals surface area (Å²) in [5.74, 6) is -1.83. The summed E-state index contributed by atoms with van der Waals surface area (Å²) in [5, 5.41) is 0. The zero-order chi connectivity index (χ0) is 16.1. The van der Waals surface area contributed by atoms with Crippen LogP contribution in [0.5, 0.6) is 0 Å². The molecule has 0 aliphatic carbocycles. The SMILES string of the molecule is COC(=O)CN(CC(=O)OC)C(=O)c1ccnc2nc[nH]c12. The minimum Gasteiger partial charge on any atom is -0.468 e. The van der Waals surface area contributed by atoms with E-state index in [2.05, 4.69) is 24.4 Å². The van der Waals surface area contributed by atoms with Crippen molar-refractivity contribution in [2.75, 3.05) is 27.3 Å². The molecule has 0 fully saturated rings. The lowest BCUT2D eigenvalue weighted by molar-refractivity contribution is -0.144. The van der Waals surface area contributed by atoms with Gasteiger partial charge in [0.25, 0.3) is 5.91 Å². The van der Waals surface area contributed by atoms with Crippen molar-refractivity contribution in [2.24, 2.45) is 0 Å². The number of amides is 1. The second kappa shape index (κ2) is 6.66. The van der Waals surface area contributed by atoms with Gasteiger partial charge in [0.05, 0.1) is 31.6 Å². The molecule has 0 aliphatic heterocycles. The Bertz CT molecular complexity index is 693. The predicted molar refractivity (Wildman–Crippen MR) is 73.8 cm³/mol. The van der Waals surface area contributed by atoms with Crippen LogP contribution in [0.25, 0.3) is 11.2 Å². The van der Waals surface area contributed by atoms with Crippen molar-refractivity contribution in [3.05, 3.63) is 24.2 Å². The second-order valence-corrected chi connectivity index (χ2v) is 4.27. The van der Waals surface area contributed by atoms with E-state index >= 15 is 0 Å². The van der Waals surface area contributed by atoms with Gasteiger partial charge in [0.2, 0.25) is 0 Å². The van der Waals surface area contributed by atoms with Crippen LogP contribution in [-0.2, 0) is 19.1 Å². The first-order chi connectivity index (χ1) is 10.6. The Labute approximate surface area is 125 Å². The van der Waals surface area contributed by atoms with Gasteiger partial charge >= 0.3 is 11.9 Å². The molecule has 0 saturated carbocycles. The number of fused-ring (bicyclic) bond motifs is 1. The van der Waals surface area contributed by atoms with Gasteiger partial charge in [-0.1, -0.05) is 0 Å². The number of nitrogens with zero attached hydrogens (tertiary/aromatic N) is 3. The number of esters is 2. The first kappa shape index (κ1) is 15.4. The smallest absolute Gasteiger partial charge is 0.325 e. The number of nitrogens with one attached hydrogen (secondary N) is 1. The normalized spacial score (nSPS) is 10.3. The molecule has 2 aromatic rings. The number of hydrogen-bond acceptors (Lipinski definition) is 7. The third-order valence-corrected chi connectivity index (χ3v) is 2.94. The maximum atomic E-state index is 12.6. The maximum absolute atomic E-state index is 12.6. The van der Waals surface area contributed by atoms with Gasteiger partial charge in [0.15, 0.2) is 5.65 Å². The van der Waals surface area contributed by atoms with Gasteiger partial charge in [-0.15, -0.1) is 0 Å². The molecule has 22 heavy (non-hydrogen) atoms. The Morgan fingerprint density at radius 1 is 1.14 bits per heavy atom. The van der Waals surface area contributed by atoms with E-state index < -0.39 is 17.8 Å². The summed E-state index contributed by atoms with van der Waals surface area (Å²) in [4.78, 5) is 47.3. The standard InChI is InChI=1S/C13H14N4O5/c1-21-9(18)5-17(6-10(19)22-2)13(20)8-3-4-14-12-11(8)15-7-16-12/h3-4,7H,5-6H2,1-2H3,(H,14,15,16). The molecular weight excluding hydrogens is 292 g/mol. The van der Waals surface area contributed by atoms with Crippen LogP contribution in [0.4, 0.5) is 0 Å². The molecule has 0 saturated heterocycles. The monoisotopic (exact) mass is 306 g/mol. The highest BCUT2D eigenvalue weighted by atomic mass is 16.5. The fourth-order valence-electron chi connectivity index (χ4n) is 1.84. The van der Waals surface area contributed by atoms with Crippen molar-refractivity contribution in [3.8, 4) is 0 Å². The minimum absolute atomic E-state index is 0.246. The van der Waals surface area contributed by atoms with Gasteiger partial charge in [0, 0.05) is 6.20 Å². The third-order valence-electron chi connectivity index (χ3n) is 2.94. The van der Waals surface area contributed by atoms with Gasteiger partial charge in [-0.3, -0.25) is 14.4 Å². The van der Waals surface area contributed by atoms with Crippen LogP contribution in [0.2, 0.25) is 0 Å². The van der Waals surface area contributed by atoms with E-state index in [1.807, 2.05) is 0 Å². The number of imidazole rings is 1. The Hall–Kier alpha value is -2.97. The highest BCUT2D eigenvalue weighted by Gasteiger charge is 2.24. The van der Waals surface area contributed by atoms with Gasteiger partial charge in [-0.2, -0.15) is 0 Å². The van der Waals surface area contributed by atoms with Crippen LogP contribution < -0.4 is 0 Å². The van der Waals surface area contributed by atoms with E-state index in [4.69, 9.17) is 0 Å². The molecule has 2 aromatic heterocycles. The number of H-pyrrole nitrogens is 1. The fraction of sp³-hybridized carbons (Fsp3) is 0.308. The summed E-state index contributed by atoms with van der Waals surface area (Å²) in [6.45, 7) is -0.745. The van der Waals surface area contributed by atoms with E-state index in [9.17, 15) is 14.4 Å². The number of carbonyl (C=O) groups excluding carboxylic acids is 3. The van der Waals surface area contributed by atoms with Crippen molar-refractivity contribution in [1.29, 1.82) is 0 Å². The van der Waals surface area contributed by atoms with Crippen molar-refractivity contribution in [1.82, 2.24) is 19.9 Å². The van der Waals surface area contributed by atoms with Gasteiger partial charge < -0.3 is 19.4 Å². The first-order valence-corrected chi connectivity index (χ1v) is 6.27. The number of aromatic nitrogens is 3. The van der Waals surface area contributed by atoms with Crippen molar-refractivity contribution in [2.45, 2.75) is 0 Å². The van der Waals surface area contributed by atoms with Crippen molar-refractivity contribution in [3.63, 3.8) is 0 Å². The summed E-state index contributed by atoms with van der Waals surface area (Å²) in [6, 6.07) is 1.48. The molecule has 0 atom stereocenters. The number of hydrogen-bond donors (Lipinski definition) is 1. The Morgan fingerprint density at radius 3 is 2.36 bits per heavy atom. The van der Waals surface area contributed by atoms with Gasteiger partial charge in [-0.25, -0.2) is 9.97 Å². The number of carbonyl (C=O) groups is 3. The minimum atomic E-state index is -0.646. The number of methoxy groups -OCH3 is 2. The lowest BCUT2D eigenvalue weighted by Gasteiger charge is -2.20. The summed E-state index contributed by atoms with van der Waals surface area (Å²) in [6.07, 6.45) is 2.82. The van der Waals surface area contributed by atoms with Crippen LogP contribution in [0, 0.1) is 0 Å². The molecule has 0 radical (unpaired) electrons. The zero-order valence-corrected chi connectivity index (χ0v) is 12.0. The average Bonchev–Trinajstić information content (AvgIpc) is 3.01. The topological polar surface area (TPSA) is 114 Å². The second-order valence-electron chi connectivity index (χ2n) is 4.27. The lowest BCUT2D eigenvalue weighted by atomic mass is 10.2. The van der Waals surface area contributed by atoms with Crippen molar-refractivity contribution < 1.29 is 23.9 Å². The van der Waals surface area contributed by atoms with E-state index in [0.717, 1.165) is 4.90 Å². The third kappa shape index (κ3) is 3.19. The summed E-state index contributed by atoms with van der Waals surface area (Å²) >= 11 is 0. The lowest BCUT2D eigenvalue weighted by Crippen LogP contribution is -2.40. The summed E-state index contributed by atoms with van der Waals surface area (Å²) < 4.78 is 9.07. The van der Waals surface area contributed by atoms with Crippen LogP contribution in [0.1, 0.15) is 10.4 Å². The molecular formula is C13H14N4O5. The Morgan fingerprint density at radius 2 is 1.77 bits per heavy atom. The van der Waals surface area contributed by atoms with Crippen LogP contribution >= 0.6 is 0 Å². The number of rotatable bonds is 5. The van der Waals surface area contributed by atoms with Crippen LogP contribution in [-0.4, -0.2) is 65.0 Å². The summed E-state index contributed by atoms with van der Waals surface area (Å²) in [5.41, 5.74) is 1.03. The molecule has 0 spiro atoms. The van der Waals surface area contributed by atoms with E-state index in [0.29, 0.717) is 11.2 Å². The molecule has 2 heterocycles. The molecule has 0 aromatic carbocycles. The van der Waals surface area contributed by atoms with E-state index in [1.165, 1.54) is 32.8 Å². The summed E-state index contributed by atoms with van der Waals surface area (Å²) in [7, 11) is 2.39. The highest BCUT2D eigenvalue weighted by Crippen LogP contribution is 2.14. The molecule has 1 N–H and O–H groups in total. The van der Waals surface area contributed by atoms with Gasteiger partial charge in [0.1, 0.15) is 13.1 Å². The van der Waals surface area contributed by atoms with Gasteiger partial charge in [-0.05, 0) is 6.07 Å². The molecule has 0 bridgehead atoms. The molecule has 0 unspecified atom stereocenters. The highest BCUT2D eigenvalue weighted by molar-refractivity contribution is 6.05.